The molecule has 0 atom stereocenters. The van der Waals surface area contributed by atoms with Gasteiger partial charge < -0.3 is 4.74 Å². The Hall–Kier alpha value is -11.2. The van der Waals surface area contributed by atoms with Crippen LogP contribution < -0.4 is 4.74 Å². The highest BCUT2D eigenvalue weighted by atomic mass is 32.2. The Kier molecular flexibility index (Phi) is 37.1. The topological polar surface area (TPSA) is 151 Å². The van der Waals surface area contributed by atoms with E-state index in [1.807, 2.05) is 183 Å². The number of nitrogens with zero attached hydrogens (tertiary/aromatic N) is 11. The fourth-order valence-electron chi connectivity index (χ4n) is 12.6. The van der Waals surface area contributed by atoms with Gasteiger partial charge in [-0.3, -0.25) is 0 Å². The molecular formula is C107H107N11OS9. The van der Waals surface area contributed by atoms with Crippen LogP contribution in [0.3, 0.4) is 0 Å². The number of rotatable bonds is 7. The summed E-state index contributed by atoms with van der Waals surface area (Å²) in [7, 11) is 0. The Morgan fingerprint density at radius 2 is 0.672 bits per heavy atom. The summed E-state index contributed by atoms with van der Waals surface area (Å²) >= 11 is 16.5. The quantitative estimate of drug-likeness (QED) is 0.149. The molecule has 650 valence electrons. The van der Waals surface area contributed by atoms with Gasteiger partial charge in [0, 0.05) is 90.9 Å². The zero-order valence-corrected chi connectivity index (χ0v) is 83.5. The van der Waals surface area contributed by atoms with E-state index in [4.69, 9.17) is 4.74 Å². The fourth-order valence-corrected chi connectivity index (χ4v) is 21.5. The van der Waals surface area contributed by atoms with Crippen molar-refractivity contribution in [3.05, 3.63) is 393 Å². The van der Waals surface area contributed by atoms with Gasteiger partial charge in [0.1, 0.15) is 34.2 Å². The molecule has 0 unspecified atom stereocenters. The van der Waals surface area contributed by atoms with Gasteiger partial charge >= 0.3 is 0 Å². The van der Waals surface area contributed by atoms with Crippen molar-refractivity contribution in [2.75, 3.05) is 0 Å². The molecular weight excluding hydrogens is 1740 g/mol. The Balaban J connectivity index is 0.000000140. The zero-order chi connectivity index (χ0) is 91.2. The van der Waals surface area contributed by atoms with Crippen LogP contribution in [0.25, 0.3) is 54.5 Å². The predicted octanol–water partition coefficient (Wildman–Crippen LogP) is 32.0. The third-order valence-electron chi connectivity index (χ3n) is 19.0. The second-order valence-corrected chi connectivity index (χ2v) is 41.4. The SMILES string of the molecule is Cc1cc(-c2cc(C)ncn2)ncn1.Cc1cc(-c2ccccc2)c(C)s1.Cc1ccc(-c2ccc(C)s2)s1.Cc1ccc(Oc2ccc(C)cc2)cc1.Cc1ccc2c(c1)Sc1c(C)cccc1S2.Cc1ccc2c(c1)Sc1cccc(C)c1S2.Cc1cccc(-c2ccc(-c3cccc(C)c3)cc2)c1.Cc1csc(C)n1.Cc1nnc(C)nn1.Cc1nnc(C)s1. The number of ether oxygens (including phenoxy) is 1. The summed E-state index contributed by atoms with van der Waals surface area (Å²) in [6, 6.07) is 94.0. The summed E-state index contributed by atoms with van der Waals surface area (Å²) in [5.41, 5.74) is 23.0. The Labute approximate surface area is 793 Å². The molecule has 0 bridgehead atoms. The summed E-state index contributed by atoms with van der Waals surface area (Å²) in [4.78, 5) is 40.0. The van der Waals surface area contributed by atoms with Crippen molar-refractivity contribution in [2.24, 2.45) is 0 Å². The lowest BCUT2D eigenvalue weighted by Crippen LogP contribution is -1.97. The molecule has 10 heterocycles. The van der Waals surface area contributed by atoms with Crippen molar-refractivity contribution in [3.8, 4) is 66.0 Å². The lowest BCUT2D eigenvalue weighted by atomic mass is 9.99. The lowest BCUT2D eigenvalue weighted by molar-refractivity contribution is 0.482. The van der Waals surface area contributed by atoms with Crippen LogP contribution in [0.5, 0.6) is 11.5 Å². The van der Waals surface area contributed by atoms with Gasteiger partial charge in [0.15, 0.2) is 11.6 Å². The van der Waals surface area contributed by atoms with E-state index in [1.165, 1.54) is 146 Å². The molecule has 0 N–H and O–H groups in total. The van der Waals surface area contributed by atoms with E-state index in [9.17, 15) is 0 Å². The maximum absolute atomic E-state index is 5.69. The Morgan fingerprint density at radius 1 is 0.258 bits per heavy atom. The highest BCUT2D eigenvalue weighted by Gasteiger charge is 2.20. The van der Waals surface area contributed by atoms with Gasteiger partial charge in [-0.15, -0.1) is 87.3 Å². The average Bonchev–Trinajstić information content (AvgIpc) is 1.05. The van der Waals surface area contributed by atoms with Crippen LogP contribution in [0.2, 0.25) is 0 Å². The summed E-state index contributed by atoms with van der Waals surface area (Å²) in [6.07, 6.45) is 3.09. The number of aryl methyl sites for hydroxylation is 20. The molecule has 0 aliphatic carbocycles. The number of aromatic nitrogens is 11. The van der Waals surface area contributed by atoms with E-state index in [1.54, 1.807) is 49.2 Å². The van der Waals surface area contributed by atoms with Crippen molar-refractivity contribution < 1.29 is 4.74 Å². The molecule has 0 saturated carbocycles. The molecule has 20 rings (SSSR count). The maximum atomic E-state index is 5.69. The summed E-state index contributed by atoms with van der Waals surface area (Å²) in [6.45, 7) is 41.0. The minimum atomic E-state index is 0.607. The highest BCUT2D eigenvalue weighted by molar-refractivity contribution is 8.05. The van der Waals surface area contributed by atoms with E-state index in [0.717, 1.165) is 55.0 Å². The Bertz CT molecular complexity index is 6280. The second-order valence-electron chi connectivity index (χ2n) is 30.6. The van der Waals surface area contributed by atoms with Crippen LogP contribution in [-0.2, 0) is 0 Å². The lowest BCUT2D eigenvalue weighted by Gasteiger charge is -2.20. The van der Waals surface area contributed by atoms with Gasteiger partial charge in [-0.1, -0.05) is 233 Å². The third-order valence-corrected chi connectivity index (χ3v) is 29.2. The van der Waals surface area contributed by atoms with Crippen molar-refractivity contribution in [2.45, 2.75) is 178 Å². The molecule has 2 aliphatic heterocycles. The fraction of sp³-hybridized carbons (Fsp3) is 0.187. The van der Waals surface area contributed by atoms with Gasteiger partial charge in [0.05, 0.1) is 16.4 Å². The van der Waals surface area contributed by atoms with Crippen molar-refractivity contribution in [1.29, 1.82) is 0 Å². The average molecular weight is 1850 g/mol. The van der Waals surface area contributed by atoms with Crippen LogP contribution >= 0.6 is 104 Å². The molecule has 0 spiro atoms. The number of thiazole rings is 1. The predicted molar refractivity (Wildman–Crippen MR) is 547 cm³/mol. The van der Waals surface area contributed by atoms with Crippen LogP contribution in [0.1, 0.15) is 108 Å². The van der Waals surface area contributed by atoms with E-state index in [0.29, 0.717) is 11.6 Å². The number of benzene rings is 10. The maximum Gasteiger partial charge on any atom is 0.170 e. The molecule has 0 amide bonds. The minimum absolute atomic E-state index is 0.607. The number of hydrogen-bond donors (Lipinski definition) is 0. The van der Waals surface area contributed by atoms with Gasteiger partial charge in [-0.2, -0.15) is 0 Å². The molecule has 0 radical (unpaired) electrons. The molecule has 128 heavy (non-hydrogen) atoms. The van der Waals surface area contributed by atoms with Crippen molar-refractivity contribution >= 4 is 104 Å². The smallest absolute Gasteiger partial charge is 0.170 e. The summed E-state index contributed by atoms with van der Waals surface area (Å²) in [5, 5.41) is 27.5. The first-order valence-electron chi connectivity index (χ1n) is 41.8. The molecule has 18 aromatic rings. The first-order chi connectivity index (χ1) is 61.6. The number of hydrogen-bond acceptors (Lipinski definition) is 21. The van der Waals surface area contributed by atoms with Crippen LogP contribution in [0.4, 0.5) is 0 Å². The standard InChI is InChI=1S/C20H18.C14H14O.2C14H12S2.C12H12S.C10H10N4.C10H10S2.C5H7NS.C4H6N4.C4H6N2S/c1-15-5-3-7-19(13-15)17-9-11-18(12-10-17)20-8-4-6-16(2)14-20;1-11-3-7-13(8-4-11)15-14-9-5-12(2)6-10-14;1-9-6-7-11-13(8-9)15-12-5-3-4-10(2)14(12)16-11;1-9-6-7-11-13(8-9)16-14-10(2)4-3-5-12(14)15-11;1-9-8-12(10(2)13-9)11-6-4-3-5-7-11;1-7-3-9(13-5-11-7)10-4-8(2)12-6-14-10;1-7-3-5-9(11-7)10-6-4-8(2)12-10;1-4-3-7-5(2)6-4;1-3-5-7-4(2)8-6-3;1-3-5-6-4(2)7-3/h3-14H,1-2H3;3-10H,1-2H3;2*3-8H,1-2H3;3-8H,1-2H3;3-6H,1-2H3;3-6H,1-2H3;3H,1-2H3;1-2H3;1-2H3. The molecule has 21 heteroatoms. The van der Waals surface area contributed by atoms with Crippen LogP contribution in [0.15, 0.2) is 324 Å². The van der Waals surface area contributed by atoms with Crippen molar-refractivity contribution in [3.63, 3.8) is 0 Å². The summed E-state index contributed by atoms with van der Waals surface area (Å²) in [5.74, 6) is 2.97. The van der Waals surface area contributed by atoms with Gasteiger partial charge in [-0.05, 0) is 297 Å². The summed E-state index contributed by atoms with van der Waals surface area (Å²) < 4.78 is 5.69. The van der Waals surface area contributed by atoms with Gasteiger partial charge in [0.25, 0.3) is 0 Å². The van der Waals surface area contributed by atoms with E-state index in [-0.39, 0.29) is 0 Å². The molecule has 10 aromatic carbocycles. The van der Waals surface area contributed by atoms with E-state index in [2.05, 4.69) is 350 Å². The molecule has 2 aliphatic rings. The number of thiophene rings is 3. The van der Waals surface area contributed by atoms with E-state index >= 15 is 0 Å². The molecule has 12 nitrogen and oxygen atoms in total. The molecule has 0 saturated heterocycles. The first-order valence-corrected chi connectivity index (χ1v) is 49.2. The Morgan fingerprint density at radius 3 is 1.05 bits per heavy atom. The third kappa shape index (κ3) is 31.0. The monoisotopic (exact) mass is 1850 g/mol. The van der Waals surface area contributed by atoms with Crippen molar-refractivity contribution in [1.82, 2.24) is 55.5 Å². The minimum Gasteiger partial charge on any atom is -0.457 e. The van der Waals surface area contributed by atoms with Gasteiger partial charge in [-0.25, -0.2) is 24.9 Å². The van der Waals surface area contributed by atoms with E-state index < -0.39 is 0 Å². The largest absolute Gasteiger partial charge is 0.457 e. The van der Waals surface area contributed by atoms with Crippen LogP contribution in [-0.4, -0.2) is 55.5 Å². The molecule has 0 fully saturated rings. The number of fused-ring (bicyclic) bond motifs is 4. The zero-order valence-electron chi connectivity index (χ0n) is 76.1. The van der Waals surface area contributed by atoms with Gasteiger partial charge in [0.2, 0.25) is 0 Å². The highest BCUT2D eigenvalue weighted by Crippen LogP contribution is 2.51. The first kappa shape index (κ1) is 97.4. The molecule has 8 aromatic heterocycles. The normalized spacial score (nSPS) is 10.8. The van der Waals surface area contributed by atoms with Crippen LogP contribution in [0, 0.1) is 138 Å². The second kappa shape index (κ2) is 48.8.